The van der Waals surface area contributed by atoms with E-state index in [-0.39, 0.29) is 17.4 Å². The number of carbonyl (C=O) groups excluding carboxylic acids is 2. The number of likely N-dealkylation sites (tertiary alicyclic amines) is 1. The molecule has 0 aromatic heterocycles. The van der Waals surface area contributed by atoms with Gasteiger partial charge in [-0.3, -0.25) is 9.59 Å². The van der Waals surface area contributed by atoms with Crippen LogP contribution < -0.4 is 14.2 Å². The minimum absolute atomic E-state index is 0.0218. The lowest BCUT2D eigenvalue weighted by Crippen LogP contribution is -2.30. The SMILES string of the molecule is CCCCN1C(=O)C(=O)/C(=C(\O)c2ccc(OC)cc2OC)C1c1ccc(OC(C)C)cc1. The van der Waals surface area contributed by atoms with Gasteiger partial charge in [-0.25, -0.2) is 0 Å². The van der Waals surface area contributed by atoms with Crippen LogP contribution in [0.5, 0.6) is 17.2 Å². The topological polar surface area (TPSA) is 85.3 Å². The molecular formula is C26H31NO6. The average Bonchev–Trinajstić information content (AvgIpc) is 3.06. The van der Waals surface area contributed by atoms with Gasteiger partial charge < -0.3 is 24.2 Å². The number of hydrogen-bond donors (Lipinski definition) is 1. The Morgan fingerprint density at radius 3 is 2.27 bits per heavy atom. The van der Waals surface area contributed by atoms with Gasteiger partial charge in [0.25, 0.3) is 11.7 Å². The Labute approximate surface area is 194 Å². The molecule has 2 aromatic carbocycles. The van der Waals surface area contributed by atoms with Gasteiger partial charge in [0.05, 0.1) is 37.5 Å². The van der Waals surface area contributed by atoms with Crippen LogP contribution in [0.4, 0.5) is 0 Å². The number of rotatable bonds is 9. The van der Waals surface area contributed by atoms with Crippen molar-refractivity contribution in [2.75, 3.05) is 20.8 Å². The maximum atomic E-state index is 13.1. The minimum Gasteiger partial charge on any atom is -0.507 e. The summed E-state index contributed by atoms with van der Waals surface area (Å²) >= 11 is 0. The van der Waals surface area contributed by atoms with E-state index < -0.39 is 17.7 Å². The molecular weight excluding hydrogens is 422 g/mol. The second kappa shape index (κ2) is 10.4. The number of ether oxygens (including phenoxy) is 3. The van der Waals surface area contributed by atoms with E-state index in [2.05, 4.69) is 0 Å². The highest BCUT2D eigenvalue weighted by Gasteiger charge is 2.46. The Bertz CT molecular complexity index is 1040. The summed E-state index contributed by atoms with van der Waals surface area (Å²) in [7, 11) is 3.00. The van der Waals surface area contributed by atoms with Crippen molar-refractivity contribution in [1.82, 2.24) is 4.90 Å². The number of unbranched alkanes of at least 4 members (excludes halogenated alkanes) is 1. The molecule has 1 atom stereocenters. The zero-order valence-electron chi connectivity index (χ0n) is 19.8. The van der Waals surface area contributed by atoms with E-state index in [4.69, 9.17) is 14.2 Å². The molecule has 33 heavy (non-hydrogen) atoms. The zero-order valence-corrected chi connectivity index (χ0v) is 19.8. The number of hydrogen-bond acceptors (Lipinski definition) is 6. The van der Waals surface area contributed by atoms with Crippen LogP contribution in [0.1, 0.15) is 50.8 Å². The Hall–Kier alpha value is -3.48. The van der Waals surface area contributed by atoms with Gasteiger partial charge in [0, 0.05) is 12.6 Å². The molecule has 1 heterocycles. The van der Waals surface area contributed by atoms with E-state index in [0.29, 0.717) is 29.4 Å². The quantitative estimate of drug-likeness (QED) is 0.336. The van der Waals surface area contributed by atoms with Gasteiger partial charge in [0.2, 0.25) is 0 Å². The summed E-state index contributed by atoms with van der Waals surface area (Å²) in [5.41, 5.74) is 1.07. The summed E-state index contributed by atoms with van der Waals surface area (Å²) in [4.78, 5) is 27.6. The van der Waals surface area contributed by atoms with Crippen molar-refractivity contribution < 1.29 is 28.9 Å². The van der Waals surface area contributed by atoms with Crippen LogP contribution in [0.25, 0.3) is 5.76 Å². The molecule has 0 radical (unpaired) electrons. The molecule has 1 saturated heterocycles. The van der Waals surface area contributed by atoms with E-state index in [9.17, 15) is 14.7 Å². The van der Waals surface area contributed by atoms with Crippen LogP contribution in [0, 0.1) is 0 Å². The molecule has 7 heteroatoms. The molecule has 1 unspecified atom stereocenters. The summed E-state index contributed by atoms with van der Waals surface area (Å²) in [6, 6.07) is 11.5. The van der Waals surface area contributed by atoms with Gasteiger partial charge in [-0.05, 0) is 50.1 Å². The third-order valence-corrected chi connectivity index (χ3v) is 5.52. The number of ketones is 1. The number of amides is 1. The molecule has 1 fully saturated rings. The summed E-state index contributed by atoms with van der Waals surface area (Å²) in [5, 5.41) is 11.3. The molecule has 0 saturated carbocycles. The van der Waals surface area contributed by atoms with E-state index >= 15 is 0 Å². The molecule has 0 aliphatic carbocycles. The van der Waals surface area contributed by atoms with E-state index in [1.54, 1.807) is 18.2 Å². The number of aliphatic hydroxyl groups is 1. The van der Waals surface area contributed by atoms with Gasteiger partial charge in [0.1, 0.15) is 23.0 Å². The van der Waals surface area contributed by atoms with Gasteiger partial charge in [-0.1, -0.05) is 25.5 Å². The molecule has 1 amide bonds. The molecule has 3 rings (SSSR count). The molecule has 0 spiro atoms. The monoisotopic (exact) mass is 453 g/mol. The molecule has 1 aliphatic rings. The van der Waals surface area contributed by atoms with Gasteiger partial charge in [-0.2, -0.15) is 0 Å². The van der Waals surface area contributed by atoms with Gasteiger partial charge in [0.15, 0.2) is 0 Å². The minimum atomic E-state index is -0.714. The number of Topliss-reactive ketones (excluding diaryl/α,β-unsaturated/α-hetero) is 1. The lowest BCUT2D eigenvalue weighted by molar-refractivity contribution is -0.139. The lowest BCUT2D eigenvalue weighted by atomic mass is 9.94. The highest BCUT2D eigenvalue weighted by atomic mass is 16.5. The second-order valence-electron chi connectivity index (χ2n) is 8.15. The maximum Gasteiger partial charge on any atom is 0.295 e. The molecule has 1 N–H and O–H groups in total. The van der Waals surface area contributed by atoms with Gasteiger partial charge >= 0.3 is 0 Å². The molecule has 0 bridgehead atoms. The van der Waals surface area contributed by atoms with E-state index in [0.717, 1.165) is 18.4 Å². The number of aliphatic hydroxyl groups excluding tert-OH is 1. The van der Waals surface area contributed by atoms with Crippen molar-refractivity contribution in [3.8, 4) is 17.2 Å². The van der Waals surface area contributed by atoms with Crippen molar-refractivity contribution >= 4 is 17.4 Å². The Morgan fingerprint density at radius 2 is 1.70 bits per heavy atom. The first-order valence-corrected chi connectivity index (χ1v) is 11.1. The maximum absolute atomic E-state index is 13.1. The van der Waals surface area contributed by atoms with Crippen molar-refractivity contribution in [1.29, 1.82) is 0 Å². The largest absolute Gasteiger partial charge is 0.507 e. The highest BCUT2D eigenvalue weighted by molar-refractivity contribution is 6.46. The third kappa shape index (κ3) is 4.97. The van der Waals surface area contributed by atoms with Crippen LogP contribution in [0.15, 0.2) is 48.0 Å². The summed E-state index contributed by atoms with van der Waals surface area (Å²) < 4.78 is 16.4. The van der Waals surface area contributed by atoms with E-state index in [1.165, 1.54) is 19.1 Å². The predicted molar refractivity (Wildman–Crippen MR) is 126 cm³/mol. The standard InChI is InChI=1S/C26H31NO6/c1-6-7-14-27-23(17-8-10-18(11-9-17)33-16(2)3)22(25(29)26(27)30)24(28)20-13-12-19(31-4)15-21(20)32-5/h8-13,15-16,23,28H,6-7,14H2,1-5H3/b24-22-. The first kappa shape index (κ1) is 24.2. The molecule has 176 valence electrons. The smallest absolute Gasteiger partial charge is 0.295 e. The Morgan fingerprint density at radius 1 is 1.03 bits per heavy atom. The Kier molecular flexibility index (Phi) is 7.63. The van der Waals surface area contributed by atoms with Crippen molar-refractivity contribution in [2.45, 2.75) is 45.8 Å². The number of methoxy groups -OCH3 is 2. The first-order valence-electron chi connectivity index (χ1n) is 11.1. The molecule has 7 nitrogen and oxygen atoms in total. The molecule has 1 aliphatic heterocycles. The zero-order chi connectivity index (χ0) is 24.1. The number of carbonyl (C=O) groups is 2. The number of nitrogens with zero attached hydrogens (tertiary/aromatic N) is 1. The van der Waals surface area contributed by atoms with Crippen molar-refractivity contribution in [2.24, 2.45) is 0 Å². The van der Waals surface area contributed by atoms with Crippen LogP contribution in [0.3, 0.4) is 0 Å². The fraction of sp³-hybridized carbons (Fsp3) is 0.385. The van der Waals surface area contributed by atoms with Crippen molar-refractivity contribution in [3.63, 3.8) is 0 Å². The predicted octanol–water partition coefficient (Wildman–Crippen LogP) is 4.71. The van der Waals surface area contributed by atoms with Crippen LogP contribution >= 0.6 is 0 Å². The third-order valence-electron chi connectivity index (χ3n) is 5.52. The molecule has 2 aromatic rings. The van der Waals surface area contributed by atoms with Crippen LogP contribution in [-0.2, 0) is 9.59 Å². The first-order chi connectivity index (χ1) is 15.8. The average molecular weight is 454 g/mol. The fourth-order valence-corrected chi connectivity index (χ4v) is 3.93. The fourth-order valence-electron chi connectivity index (χ4n) is 3.93. The normalized spacial score (nSPS) is 17.5. The number of benzene rings is 2. The lowest BCUT2D eigenvalue weighted by Gasteiger charge is -2.25. The van der Waals surface area contributed by atoms with Crippen LogP contribution in [-0.4, -0.2) is 48.6 Å². The van der Waals surface area contributed by atoms with E-state index in [1.807, 2.05) is 45.0 Å². The van der Waals surface area contributed by atoms with Crippen LogP contribution in [0.2, 0.25) is 0 Å². The Balaban J connectivity index is 2.14. The summed E-state index contributed by atoms with van der Waals surface area (Å²) in [5.74, 6) is -0.0375. The highest BCUT2D eigenvalue weighted by Crippen LogP contribution is 2.42. The summed E-state index contributed by atoms with van der Waals surface area (Å²) in [6.07, 6.45) is 1.63. The van der Waals surface area contributed by atoms with Gasteiger partial charge in [-0.15, -0.1) is 0 Å². The second-order valence-corrected chi connectivity index (χ2v) is 8.15. The summed E-state index contributed by atoms with van der Waals surface area (Å²) in [6.45, 7) is 6.31. The van der Waals surface area contributed by atoms with Crippen molar-refractivity contribution in [3.05, 3.63) is 59.2 Å².